The predicted octanol–water partition coefficient (Wildman–Crippen LogP) is 0.421. The van der Waals surface area contributed by atoms with Gasteiger partial charge in [-0.15, -0.1) is 0 Å². The minimum absolute atomic E-state index is 0.175. The van der Waals surface area contributed by atoms with Crippen LogP contribution in [0.5, 0.6) is 0 Å². The molecule has 6 heteroatoms. The summed E-state index contributed by atoms with van der Waals surface area (Å²) in [6.45, 7) is 0.117. The van der Waals surface area contributed by atoms with Crippen molar-refractivity contribution in [2.45, 2.75) is 6.54 Å². The molecule has 0 fully saturated rings. The van der Waals surface area contributed by atoms with E-state index in [9.17, 15) is 4.79 Å². The lowest BCUT2D eigenvalue weighted by molar-refractivity contribution is 0.0781. The topological polar surface area (TPSA) is 82.1 Å². The van der Waals surface area contributed by atoms with Gasteiger partial charge in [-0.1, -0.05) is 11.8 Å². The monoisotopic (exact) mass is 270 g/mol. The molecule has 2 aromatic heterocycles. The first-order valence-corrected chi connectivity index (χ1v) is 6.00. The van der Waals surface area contributed by atoms with Gasteiger partial charge < -0.3 is 15.0 Å². The van der Waals surface area contributed by atoms with Crippen molar-refractivity contribution < 1.29 is 9.90 Å². The third kappa shape index (κ3) is 3.22. The molecule has 0 atom stereocenters. The van der Waals surface area contributed by atoms with Crippen LogP contribution in [0.25, 0.3) is 0 Å². The number of rotatable bonds is 3. The van der Waals surface area contributed by atoms with Crippen LogP contribution in [0.15, 0.2) is 30.9 Å². The Labute approximate surface area is 116 Å². The van der Waals surface area contributed by atoms with E-state index in [0.717, 1.165) is 0 Å². The van der Waals surface area contributed by atoms with E-state index in [0.29, 0.717) is 23.5 Å². The van der Waals surface area contributed by atoms with Gasteiger partial charge >= 0.3 is 0 Å². The first-order valence-electron chi connectivity index (χ1n) is 6.00. The Kier molecular flexibility index (Phi) is 4.47. The molecule has 0 unspecified atom stereocenters. The lowest BCUT2D eigenvalue weighted by Gasteiger charge is -2.16. The second-order valence-electron chi connectivity index (χ2n) is 4.08. The molecule has 0 spiro atoms. The van der Waals surface area contributed by atoms with Gasteiger partial charge in [-0.25, -0.2) is 4.98 Å². The van der Waals surface area contributed by atoms with Gasteiger partial charge in [0.25, 0.3) is 5.91 Å². The number of aromatic amines is 1. The summed E-state index contributed by atoms with van der Waals surface area (Å²) in [5, 5.41) is 8.74. The molecule has 20 heavy (non-hydrogen) atoms. The molecular formula is C14H14N4O2. The lowest BCUT2D eigenvalue weighted by Crippen LogP contribution is -2.27. The van der Waals surface area contributed by atoms with Crippen molar-refractivity contribution in [2.75, 3.05) is 13.7 Å². The Hall–Kier alpha value is -2.65. The Morgan fingerprint density at radius 2 is 2.35 bits per heavy atom. The number of nitrogens with one attached hydrogen (secondary N) is 1. The minimum atomic E-state index is -0.259. The lowest BCUT2D eigenvalue weighted by atomic mass is 10.1. The number of hydrogen-bond donors (Lipinski definition) is 2. The number of H-pyrrole nitrogens is 1. The van der Waals surface area contributed by atoms with E-state index in [1.54, 1.807) is 25.5 Å². The zero-order valence-corrected chi connectivity index (χ0v) is 11.0. The second-order valence-corrected chi connectivity index (χ2v) is 4.08. The molecule has 0 aliphatic carbocycles. The number of carbonyl (C=O) groups is 1. The second kappa shape index (κ2) is 6.50. The van der Waals surface area contributed by atoms with Crippen LogP contribution in [-0.2, 0) is 6.54 Å². The predicted molar refractivity (Wildman–Crippen MR) is 72.6 cm³/mol. The van der Waals surface area contributed by atoms with Crippen LogP contribution < -0.4 is 0 Å². The fraction of sp³-hybridized carbons (Fsp3) is 0.214. The van der Waals surface area contributed by atoms with E-state index in [-0.39, 0.29) is 12.5 Å². The summed E-state index contributed by atoms with van der Waals surface area (Å²) >= 11 is 0. The van der Waals surface area contributed by atoms with Crippen molar-refractivity contribution in [3.63, 3.8) is 0 Å². The Balaban J connectivity index is 2.20. The molecular weight excluding hydrogens is 256 g/mol. The standard InChI is InChI=1S/C14H14N4O2/c1-18(10-13-16-6-7-17-13)14(20)12-4-5-15-9-11(12)3-2-8-19/h4-7,9,19H,8,10H2,1H3,(H,16,17). The molecule has 2 rings (SSSR count). The molecule has 0 saturated carbocycles. The Bertz CT molecular complexity index is 641. The molecule has 1 amide bonds. The van der Waals surface area contributed by atoms with Crippen LogP contribution >= 0.6 is 0 Å². The molecule has 0 saturated heterocycles. The molecule has 102 valence electrons. The van der Waals surface area contributed by atoms with Gasteiger partial charge in [-0.05, 0) is 6.07 Å². The highest BCUT2D eigenvalue weighted by molar-refractivity contribution is 5.96. The number of aromatic nitrogens is 3. The number of nitrogens with zero attached hydrogens (tertiary/aromatic N) is 3. The summed E-state index contributed by atoms with van der Waals surface area (Å²) in [7, 11) is 1.69. The first-order chi connectivity index (χ1) is 9.72. The largest absolute Gasteiger partial charge is 0.384 e. The van der Waals surface area contributed by atoms with E-state index >= 15 is 0 Å². The molecule has 0 aliphatic heterocycles. The van der Waals surface area contributed by atoms with Gasteiger partial charge in [0.05, 0.1) is 17.7 Å². The van der Waals surface area contributed by atoms with Crippen molar-refractivity contribution in [1.82, 2.24) is 19.9 Å². The highest BCUT2D eigenvalue weighted by Crippen LogP contribution is 2.10. The van der Waals surface area contributed by atoms with E-state index in [2.05, 4.69) is 26.8 Å². The highest BCUT2D eigenvalue weighted by atomic mass is 16.2. The SMILES string of the molecule is CN(Cc1ncc[nH]1)C(=O)c1ccncc1C#CCO. The van der Waals surface area contributed by atoms with Gasteiger partial charge in [0, 0.05) is 31.8 Å². The van der Waals surface area contributed by atoms with Crippen molar-refractivity contribution in [3.05, 3.63) is 47.8 Å². The fourth-order valence-electron chi connectivity index (χ4n) is 1.70. The number of amides is 1. The van der Waals surface area contributed by atoms with Crippen molar-refractivity contribution in [3.8, 4) is 11.8 Å². The molecule has 0 radical (unpaired) electrons. The number of aliphatic hydroxyl groups is 1. The zero-order chi connectivity index (χ0) is 14.4. The highest BCUT2D eigenvalue weighted by Gasteiger charge is 2.15. The van der Waals surface area contributed by atoms with Crippen molar-refractivity contribution >= 4 is 5.91 Å². The van der Waals surface area contributed by atoms with Gasteiger partial charge in [0.2, 0.25) is 0 Å². The third-order valence-electron chi connectivity index (χ3n) is 2.64. The number of aliphatic hydroxyl groups excluding tert-OH is 1. The maximum absolute atomic E-state index is 12.4. The van der Waals surface area contributed by atoms with Crippen molar-refractivity contribution in [1.29, 1.82) is 0 Å². The van der Waals surface area contributed by atoms with Crippen LogP contribution in [0.4, 0.5) is 0 Å². The molecule has 0 aromatic carbocycles. The molecule has 2 heterocycles. The summed E-state index contributed by atoms with van der Waals surface area (Å²) in [4.78, 5) is 24.9. The van der Waals surface area contributed by atoms with E-state index in [4.69, 9.17) is 5.11 Å². The molecule has 0 bridgehead atoms. The average Bonchev–Trinajstić information content (AvgIpc) is 2.97. The first kappa shape index (κ1) is 13.8. The Morgan fingerprint density at radius 3 is 3.05 bits per heavy atom. The summed E-state index contributed by atoms with van der Waals surface area (Å²) in [6.07, 6.45) is 6.39. The van der Waals surface area contributed by atoms with E-state index < -0.39 is 0 Å². The average molecular weight is 270 g/mol. The molecule has 2 N–H and O–H groups in total. The van der Waals surface area contributed by atoms with Gasteiger partial charge in [0.1, 0.15) is 12.4 Å². The number of pyridine rings is 1. The Morgan fingerprint density at radius 1 is 1.50 bits per heavy atom. The number of imidazole rings is 1. The van der Waals surface area contributed by atoms with Crippen LogP contribution in [0.1, 0.15) is 21.7 Å². The van der Waals surface area contributed by atoms with Crippen LogP contribution in [0.3, 0.4) is 0 Å². The maximum atomic E-state index is 12.4. The van der Waals surface area contributed by atoms with Crippen molar-refractivity contribution in [2.24, 2.45) is 0 Å². The quantitative estimate of drug-likeness (QED) is 0.792. The van der Waals surface area contributed by atoms with E-state index in [1.807, 2.05) is 0 Å². The van der Waals surface area contributed by atoms with Gasteiger partial charge in [-0.2, -0.15) is 0 Å². The van der Waals surface area contributed by atoms with Crippen LogP contribution in [0, 0.1) is 11.8 Å². The third-order valence-corrected chi connectivity index (χ3v) is 2.64. The zero-order valence-electron chi connectivity index (χ0n) is 11.0. The van der Waals surface area contributed by atoms with Gasteiger partial charge in [0.15, 0.2) is 0 Å². The summed E-state index contributed by atoms with van der Waals surface area (Å²) in [6, 6.07) is 1.61. The van der Waals surface area contributed by atoms with Crippen LogP contribution in [-0.4, -0.2) is 44.5 Å². The number of carbonyl (C=O) groups excluding carboxylic acids is 1. The smallest absolute Gasteiger partial charge is 0.255 e. The van der Waals surface area contributed by atoms with E-state index in [1.165, 1.54) is 17.3 Å². The summed E-state index contributed by atoms with van der Waals surface area (Å²) in [5.74, 6) is 5.78. The fourth-order valence-corrected chi connectivity index (χ4v) is 1.70. The summed E-state index contributed by atoms with van der Waals surface area (Å²) in [5.41, 5.74) is 0.952. The minimum Gasteiger partial charge on any atom is -0.384 e. The molecule has 2 aromatic rings. The maximum Gasteiger partial charge on any atom is 0.255 e. The van der Waals surface area contributed by atoms with Gasteiger partial charge in [-0.3, -0.25) is 9.78 Å². The summed E-state index contributed by atoms with van der Waals surface area (Å²) < 4.78 is 0. The number of hydrogen-bond acceptors (Lipinski definition) is 4. The normalized spacial score (nSPS) is 9.70. The molecule has 6 nitrogen and oxygen atoms in total. The van der Waals surface area contributed by atoms with Crippen LogP contribution in [0.2, 0.25) is 0 Å². The molecule has 0 aliphatic rings.